The van der Waals surface area contributed by atoms with Crippen LogP contribution in [0.2, 0.25) is 0 Å². The minimum absolute atomic E-state index is 0.125. The monoisotopic (exact) mass is 291 g/mol. The highest BCUT2D eigenvalue weighted by Gasteiger charge is 2.15. The average molecular weight is 291 g/mol. The number of thiophene rings is 1. The van der Waals surface area contributed by atoms with E-state index in [-0.39, 0.29) is 18.6 Å². The number of carbonyl (C=O) groups excluding carboxylic acids is 1. The maximum absolute atomic E-state index is 12.2. The van der Waals surface area contributed by atoms with Crippen LogP contribution in [-0.4, -0.2) is 24.7 Å². The lowest BCUT2D eigenvalue weighted by Crippen LogP contribution is -2.30. The Kier molecular flexibility index (Phi) is 5.29. The van der Waals surface area contributed by atoms with E-state index in [4.69, 9.17) is 4.74 Å². The number of hydrogen-bond acceptors (Lipinski definition) is 4. The van der Waals surface area contributed by atoms with Crippen molar-refractivity contribution >= 4 is 17.2 Å². The number of aliphatic hydroxyl groups excluding tert-OH is 1. The third-order valence-corrected chi connectivity index (χ3v) is 3.64. The second kappa shape index (κ2) is 7.19. The summed E-state index contributed by atoms with van der Waals surface area (Å²) in [6, 6.07) is 8.79. The number of benzene rings is 1. The summed E-state index contributed by atoms with van der Waals surface area (Å²) in [4.78, 5) is 12.2. The summed E-state index contributed by atoms with van der Waals surface area (Å²) in [6.07, 6.45) is 0. The fourth-order valence-corrected chi connectivity index (χ4v) is 2.63. The van der Waals surface area contributed by atoms with Crippen molar-refractivity contribution in [3.05, 3.63) is 57.8 Å². The Bertz CT molecular complexity index is 554. The van der Waals surface area contributed by atoms with Crippen LogP contribution in [0.4, 0.5) is 0 Å². The molecule has 2 rings (SSSR count). The summed E-state index contributed by atoms with van der Waals surface area (Å²) >= 11 is 1.54. The second-order valence-electron chi connectivity index (χ2n) is 4.40. The molecular formula is C15H17NO3S. The molecule has 0 aliphatic carbocycles. The molecule has 106 valence electrons. The van der Waals surface area contributed by atoms with E-state index in [1.165, 1.54) is 11.3 Å². The number of nitrogens with one attached hydrogen (secondary N) is 1. The Labute approximate surface area is 122 Å². The van der Waals surface area contributed by atoms with Gasteiger partial charge in [0.1, 0.15) is 0 Å². The highest BCUT2D eigenvalue weighted by Crippen LogP contribution is 2.17. The van der Waals surface area contributed by atoms with E-state index >= 15 is 0 Å². The molecule has 20 heavy (non-hydrogen) atoms. The van der Waals surface area contributed by atoms with Crippen molar-refractivity contribution in [2.45, 2.75) is 12.6 Å². The molecule has 2 N–H and O–H groups in total. The molecule has 0 fully saturated rings. The molecule has 1 atom stereocenters. The Balaban J connectivity index is 2.09. The maximum atomic E-state index is 12.2. The minimum Gasteiger partial charge on any atom is -0.394 e. The van der Waals surface area contributed by atoms with Gasteiger partial charge in [0.25, 0.3) is 5.91 Å². The fourth-order valence-electron chi connectivity index (χ4n) is 1.92. The van der Waals surface area contributed by atoms with Crippen molar-refractivity contribution in [1.82, 2.24) is 5.32 Å². The van der Waals surface area contributed by atoms with Crippen LogP contribution in [0.1, 0.15) is 27.5 Å². The van der Waals surface area contributed by atoms with Gasteiger partial charge in [-0.1, -0.05) is 12.1 Å². The molecular weight excluding hydrogens is 274 g/mol. The topological polar surface area (TPSA) is 58.6 Å². The van der Waals surface area contributed by atoms with Crippen molar-refractivity contribution < 1.29 is 14.6 Å². The van der Waals surface area contributed by atoms with Crippen LogP contribution in [0, 0.1) is 0 Å². The summed E-state index contributed by atoms with van der Waals surface area (Å²) in [5.74, 6) is -0.201. The second-order valence-corrected chi connectivity index (χ2v) is 5.18. The molecule has 0 saturated carbocycles. The van der Waals surface area contributed by atoms with Crippen molar-refractivity contribution in [1.29, 1.82) is 0 Å². The summed E-state index contributed by atoms with van der Waals surface area (Å²) in [7, 11) is 1.62. The van der Waals surface area contributed by atoms with Crippen LogP contribution in [-0.2, 0) is 11.3 Å². The fraction of sp³-hybridized carbons (Fsp3) is 0.267. The normalized spacial score (nSPS) is 12.1. The first kappa shape index (κ1) is 14.7. The number of rotatable bonds is 6. The third-order valence-electron chi connectivity index (χ3n) is 2.93. The van der Waals surface area contributed by atoms with E-state index in [9.17, 15) is 9.90 Å². The summed E-state index contributed by atoms with van der Waals surface area (Å²) in [6.45, 7) is 0.343. The van der Waals surface area contributed by atoms with Crippen molar-refractivity contribution in [3.63, 3.8) is 0 Å². The van der Waals surface area contributed by atoms with Crippen molar-refractivity contribution in [3.8, 4) is 0 Å². The number of amides is 1. The summed E-state index contributed by atoms with van der Waals surface area (Å²) in [5.41, 5.74) is 2.42. The molecule has 4 nitrogen and oxygen atoms in total. The highest BCUT2D eigenvalue weighted by atomic mass is 32.1. The minimum atomic E-state index is -0.375. The molecule has 1 amide bonds. The van der Waals surface area contributed by atoms with Gasteiger partial charge in [0.05, 0.1) is 19.3 Å². The van der Waals surface area contributed by atoms with E-state index in [0.29, 0.717) is 12.2 Å². The molecule has 0 unspecified atom stereocenters. The average Bonchev–Trinajstić information content (AvgIpc) is 2.99. The zero-order chi connectivity index (χ0) is 14.4. The molecule has 0 saturated heterocycles. The number of aliphatic hydroxyl groups is 1. The molecule has 0 aliphatic rings. The molecule has 0 bridgehead atoms. The van der Waals surface area contributed by atoms with Gasteiger partial charge in [-0.2, -0.15) is 11.3 Å². The van der Waals surface area contributed by atoms with Crippen LogP contribution in [0.5, 0.6) is 0 Å². The molecule has 1 aromatic heterocycles. The molecule has 1 aromatic carbocycles. The summed E-state index contributed by atoms with van der Waals surface area (Å²) in [5, 5.41) is 16.1. The third kappa shape index (κ3) is 3.66. The number of hydrogen-bond donors (Lipinski definition) is 2. The van der Waals surface area contributed by atoms with Gasteiger partial charge in [0, 0.05) is 12.7 Å². The first-order valence-electron chi connectivity index (χ1n) is 6.26. The lowest BCUT2D eigenvalue weighted by atomic mass is 10.1. The van der Waals surface area contributed by atoms with Crippen molar-refractivity contribution in [2.75, 3.05) is 13.7 Å². The Morgan fingerprint density at radius 2 is 2.30 bits per heavy atom. The molecule has 2 aromatic rings. The number of ether oxygens (including phenoxy) is 1. The van der Waals surface area contributed by atoms with E-state index < -0.39 is 0 Å². The van der Waals surface area contributed by atoms with Gasteiger partial charge in [-0.15, -0.1) is 0 Å². The highest BCUT2D eigenvalue weighted by molar-refractivity contribution is 7.07. The van der Waals surface area contributed by atoms with Gasteiger partial charge >= 0.3 is 0 Å². The van der Waals surface area contributed by atoms with Gasteiger partial charge in [0.2, 0.25) is 0 Å². The van der Waals surface area contributed by atoms with E-state index in [1.54, 1.807) is 19.2 Å². The van der Waals surface area contributed by atoms with Gasteiger partial charge in [0.15, 0.2) is 0 Å². The zero-order valence-corrected chi connectivity index (χ0v) is 12.0. The van der Waals surface area contributed by atoms with Crippen LogP contribution in [0.25, 0.3) is 0 Å². The zero-order valence-electron chi connectivity index (χ0n) is 11.2. The van der Waals surface area contributed by atoms with Crippen LogP contribution >= 0.6 is 11.3 Å². The maximum Gasteiger partial charge on any atom is 0.251 e. The Morgan fingerprint density at radius 3 is 2.95 bits per heavy atom. The molecule has 1 heterocycles. The van der Waals surface area contributed by atoms with Gasteiger partial charge < -0.3 is 15.2 Å². The molecule has 5 heteroatoms. The largest absolute Gasteiger partial charge is 0.394 e. The van der Waals surface area contributed by atoms with Crippen molar-refractivity contribution in [2.24, 2.45) is 0 Å². The predicted octanol–water partition coefficient (Wildman–Crippen LogP) is 2.36. The smallest absolute Gasteiger partial charge is 0.251 e. The molecule has 0 radical (unpaired) electrons. The number of carbonyl (C=O) groups is 1. The first-order valence-corrected chi connectivity index (χ1v) is 7.20. The Morgan fingerprint density at radius 1 is 1.45 bits per heavy atom. The predicted molar refractivity (Wildman–Crippen MR) is 78.8 cm³/mol. The lowest BCUT2D eigenvalue weighted by molar-refractivity contribution is 0.0916. The quantitative estimate of drug-likeness (QED) is 0.859. The number of methoxy groups -OCH3 is 1. The lowest BCUT2D eigenvalue weighted by Gasteiger charge is -2.15. The SMILES string of the molecule is COCc1cccc(C(=O)N[C@H](CO)c2ccsc2)c1. The van der Waals surface area contributed by atoms with E-state index in [2.05, 4.69) is 5.32 Å². The molecule has 0 spiro atoms. The van der Waals surface area contributed by atoms with Crippen LogP contribution in [0.15, 0.2) is 41.1 Å². The van der Waals surface area contributed by atoms with E-state index in [0.717, 1.165) is 11.1 Å². The van der Waals surface area contributed by atoms with Crippen LogP contribution < -0.4 is 5.32 Å². The Hall–Kier alpha value is -1.69. The van der Waals surface area contributed by atoms with Gasteiger partial charge in [-0.25, -0.2) is 0 Å². The van der Waals surface area contributed by atoms with Gasteiger partial charge in [-0.3, -0.25) is 4.79 Å². The van der Waals surface area contributed by atoms with Gasteiger partial charge in [-0.05, 0) is 40.1 Å². The first-order chi connectivity index (χ1) is 9.74. The standard InChI is InChI=1S/C15H17NO3S/c1-19-9-11-3-2-4-12(7-11)15(18)16-14(8-17)13-5-6-20-10-13/h2-7,10,14,17H,8-9H2,1H3,(H,16,18)/t14-/m1/s1. The van der Waals surface area contributed by atoms with Crippen LogP contribution in [0.3, 0.4) is 0 Å². The van der Waals surface area contributed by atoms with E-state index in [1.807, 2.05) is 29.0 Å². The summed E-state index contributed by atoms with van der Waals surface area (Å²) < 4.78 is 5.05. The molecule has 0 aliphatic heterocycles.